The standard InChI is InChI=1S/C34H48N6O7S2/c1-6-22-19-46-31(35-22)47-23-16-25-27(41)38-34(29(43)39-49(44,45)33(5)14-15-33)17-21(34)12-10-8-7-9-11-13-24(28(42)40(25)18-23)36-30-37-26(20-48-30)32(2,3)4/h6,19-21,23-25H,1,7-18H2,2-5H3,(H,36,37)(H,38,41)(H,39,43)/t21-,23-,24+,25+,34-/m1/s1. The predicted molar refractivity (Wildman–Crippen MR) is 185 cm³/mol. The fraction of sp³-hybridized carbons (Fsp3) is 0.676. The molecular weight excluding hydrogens is 669 g/mol. The first-order valence-electron chi connectivity index (χ1n) is 17.3. The molecule has 5 atom stereocenters. The molecule has 13 nitrogen and oxygen atoms in total. The number of hydrogen-bond acceptors (Lipinski definition) is 11. The van der Waals surface area contributed by atoms with E-state index in [9.17, 15) is 22.8 Å². The molecule has 15 heteroatoms. The van der Waals surface area contributed by atoms with Crippen LogP contribution < -0.4 is 20.1 Å². The number of oxazole rings is 1. The molecule has 4 aliphatic rings. The van der Waals surface area contributed by atoms with Gasteiger partial charge in [-0.05, 0) is 51.0 Å². The molecule has 4 fully saturated rings. The van der Waals surface area contributed by atoms with Crippen molar-refractivity contribution in [1.29, 1.82) is 0 Å². The summed E-state index contributed by atoms with van der Waals surface area (Å²) < 4.78 is 38.9. The van der Waals surface area contributed by atoms with Crippen molar-refractivity contribution < 1.29 is 32.0 Å². The number of sulfonamides is 1. The molecule has 4 heterocycles. The minimum Gasteiger partial charge on any atom is -0.445 e. The molecule has 3 amide bonds. The van der Waals surface area contributed by atoms with Crippen LogP contribution in [0.25, 0.3) is 6.08 Å². The highest BCUT2D eigenvalue weighted by Crippen LogP contribution is 2.49. The number of rotatable bonds is 8. The molecule has 0 radical (unpaired) electrons. The molecule has 6 rings (SSSR count). The molecular formula is C34H48N6O7S2. The van der Waals surface area contributed by atoms with E-state index in [1.165, 1.54) is 28.6 Å². The molecule has 0 aromatic carbocycles. The lowest BCUT2D eigenvalue weighted by atomic mass is 9.93. The molecule has 0 bridgehead atoms. The second-order valence-electron chi connectivity index (χ2n) is 15.3. The summed E-state index contributed by atoms with van der Waals surface area (Å²) in [5.74, 6) is -1.71. The van der Waals surface area contributed by atoms with Crippen molar-refractivity contribution >= 4 is 50.3 Å². The first kappa shape index (κ1) is 35.4. The summed E-state index contributed by atoms with van der Waals surface area (Å²) in [6, 6.07) is -1.63. The molecule has 268 valence electrons. The zero-order valence-corrected chi connectivity index (χ0v) is 30.4. The molecule has 2 aromatic heterocycles. The van der Waals surface area contributed by atoms with Crippen molar-refractivity contribution in [1.82, 2.24) is 24.9 Å². The second kappa shape index (κ2) is 13.3. The van der Waals surface area contributed by atoms with Gasteiger partial charge in [-0.15, -0.1) is 11.3 Å². The minimum atomic E-state index is -3.92. The number of ether oxygens (including phenoxy) is 1. The van der Waals surface area contributed by atoms with Crippen molar-refractivity contribution in [2.75, 3.05) is 11.9 Å². The zero-order chi connectivity index (χ0) is 35.2. The lowest BCUT2D eigenvalue weighted by Crippen LogP contribution is -2.58. The summed E-state index contributed by atoms with van der Waals surface area (Å²) in [5, 5.41) is 8.96. The van der Waals surface area contributed by atoms with E-state index < -0.39 is 50.3 Å². The van der Waals surface area contributed by atoms with E-state index in [4.69, 9.17) is 14.1 Å². The van der Waals surface area contributed by atoms with Crippen LogP contribution in [0.4, 0.5) is 5.13 Å². The van der Waals surface area contributed by atoms with Crippen LogP contribution in [0.5, 0.6) is 6.08 Å². The van der Waals surface area contributed by atoms with E-state index in [1.54, 1.807) is 6.92 Å². The first-order chi connectivity index (χ1) is 23.1. The molecule has 2 aliphatic carbocycles. The molecule has 2 saturated carbocycles. The number of anilines is 1. The van der Waals surface area contributed by atoms with E-state index in [-0.39, 0.29) is 36.3 Å². The third kappa shape index (κ3) is 7.52. The van der Waals surface area contributed by atoms with Gasteiger partial charge in [0.15, 0.2) is 5.13 Å². The number of aromatic nitrogens is 2. The summed E-state index contributed by atoms with van der Waals surface area (Å²) >= 11 is 1.44. The van der Waals surface area contributed by atoms with E-state index in [0.717, 1.165) is 37.8 Å². The van der Waals surface area contributed by atoms with Gasteiger partial charge >= 0.3 is 6.08 Å². The number of carbonyl (C=O) groups excluding carboxylic acids is 3. The molecule has 3 N–H and O–H groups in total. The van der Waals surface area contributed by atoms with E-state index in [2.05, 4.69) is 47.7 Å². The Bertz CT molecular complexity index is 1690. The third-order valence-electron chi connectivity index (χ3n) is 10.4. The Labute approximate surface area is 292 Å². The molecule has 2 saturated heterocycles. The van der Waals surface area contributed by atoms with Crippen molar-refractivity contribution in [3.8, 4) is 6.08 Å². The maximum atomic E-state index is 14.5. The Balaban J connectivity index is 1.28. The predicted octanol–water partition coefficient (Wildman–Crippen LogP) is 4.52. The highest BCUT2D eigenvalue weighted by Gasteiger charge is 2.63. The van der Waals surface area contributed by atoms with Crippen molar-refractivity contribution in [2.45, 2.75) is 132 Å². The van der Waals surface area contributed by atoms with Crippen molar-refractivity contribution in [3.05, 3.63) is 29.6 Å². The summed E-state index contributed by atoms with van der Waals surface area (Å²) in [6.07, 6.45) is 9.42. The van der Waals surface area contributed by atoms with Crippen molar-refractivity contribution in [2.24, 2.45) is 5.92 Å². The van der Waals surface area contributed by atoms with Gasteiger partial charge in [-0.1, -0.05) is 59.5 Å². The smallest absolute Gasteiger partial charge is 0.394 e. The fourth-order valence-electron chi connectivity index (χ4n) is 6.75. The summed E-state index contributed by atoms with van der Waals surface area (Å²) in [5.41, 5.74) is -0.120. The van der Waals surface area contributed by atoms with Gasteiger partial charge in [0, 0.05) is 17.2 Å². The highest BCUT2D eigenvalue weighted by atomic mass is 32.2. The van der Waals surface area contributed by atoms with Gasteiger partial charge in [0.05, 0.1) is 17.0 Å². The number of thiazole rings is 1. The van der Waals surface area contributed by atoms with Crippen LogP contribution in [0.2, 0.25) is 0 Å². The maximum absolute atomic E-state index is 14.5. The number of hydrogen-bond donors (Lipinski definition) is 3. The van der Waals surface area contributed by atoms with Gasteiger partial charge in [0.2, 0.25) is 21.8 Å². The Morgan fingerprint density at radius 3 is 2.53 bits per heavy atom. The number of carbonyl (C=O) groups is 3. The van der Waals surface area contributed by atoms with Crippen LogP contribution >= 0.6 is 11.3 Å². The Morgan fingerprint density at radius 2 is 1.88 bits per heavy atom. The normalized spacial score (nSPS) is 29.0. The lowest BCUT2D eigenvalue weighted by Gasteiger charge is -2.30. The molecule has 2 aliphatic heterocycles. The Morgan fingerprint density at radius 1 is 1.16 bits per heavy atom. The highest BCUT2D eigenvalue weighted by molar-refractivity contribution is 7.91. The number of fused-ring (bicyclic) bond motifs is 2. The van der Waals surface area contributed by atoms with Gasteiger partial charge in [0.1, 0.15) is 35.7 Å². The minimum absolute atomic E-state index is 0.000415. The van der Waals surface area contributed by atoms with E-state index >= 15 is 0 Å². The number of nitrogens with one attached hydrogen (secondary N) is 3. The van der Waals surface area contributed by atoms with Crippen LogP contribution in [0, 0.1) is 5.92 Å². The topological polar surface area (TPSA) is 173 Å². The van der Waals surface area contributed by atoms with Gasteiger partial charge in [-0.25, -0.2) is 13.4 Å². The van der Waals surface area contributed by atoms with Crippen LogP contribution in [0.15, 0.2) is 22.6 Å². The fourth-order valence-corrected chi connectivity index (χ4v) is 9.05. The maximum Gasteiger partial charge on any atom is 0.394 e. The van der Waals surface area contributed by atoms with Crippen LogP contribution in [-0.2, 0) is 29.8 Å². The van der Waals surface area contributed by atoms with Crippen LogP contribution in [-0.4, -0.2) is 76.0 Å². The average Bonchev–Trinajstić information content (AvgIpc) is 3.67. The SMILES string of the molecule is C=Cc1coc(O[C@@H]2C[C@H]3C(=O)N[C@]4(C(=O)NS(=O)(=O)C5(C)CC5)C[C@H]4CCCCCCC[C@H](Nc4nc(C(C)(C)C)cs4)C(=O)N3C2)n1. The van der Waals surface area contributed by atoms with E-state index in [1.807, 2.05) is 5.38 Å². The van der Waals surface area contributed by atoms with Gasteiger partial charge in [0.25, 0.3) is 5.91 Å². The van der Waals surface area contributed by atoms with Crippen LogP contribution in [0.3, 0.4) is 0 Å². The van der Waals surface area contributed by atoms with Crippen LogP contribution in [0.1, 0.15) is 110 Å². The quantitative estimate of drug-likeness (QED) is 0.353. The molecule has 0 unspecified atom stereocenters. The molecule has 0 spiro atoms. The summed E-state index contributed by atoms with van der Waals surface area (Å²) in [4.78, 5) is 53.0. The monoisotopic (exact) mass is 716 g/mol. The van der Waals surface area contributed by atoms with Crippen molar-refractivity contribution in [3.63, 3.8) is 0 Å². The largest absolute Gasteiger partial charge is 0.445 e. The summed E-state index contributed by atoms with van der Waals surface area (Å²) in [6.45, 7) is 11.6. The van der Waals surface area contributed by atoms with Gasteiger partial charge in [-0.2, -0.15) is 4.98 Å². The Hall–Kier alpha value is -3.46. The zero-order valence-electron chi connectivity index (χ0n) is 28.7. The lowest BCUT2D eigenvalue weighted by molar-refractivity contribution is -0.140. The Kier molecular flexibility index (Phi) is 9.63. The molecule has 2 aromatic rings. The third-order valence-corrected chi connectivity index (χ3v) is 13.4. The number of amides is 3. The average molecular weight is 717 g/mol. The van der Waals surface area contributed by atoms with Gasteiger partial charge < -0.3 is 24.7 Å². The summed E-state index contributed by atoms with van der Waals surface area (Å²) in [7, 11) is -3.92. The van der Waals surface area contributed by atoms with Gasteiger partial charge in [-0.3, -0.25) is 19.1 Å². The second-order valence-corrected chi connectivity index (χ2v) is 18.4. The van der Waals surface area contributed by atoms with E-state index in [0.29, 0.717) is 42.9 Å². The first-order valence-corrected chi connectivity index (χ1v) is 19.7. The molecule has 49 heavy (non-hydrogen) atoms. The number of nitrogens with zero attached hydrogens (tertiary/aromatic N) is 3.